The Balaban J connectivity index is 1.31. The third-order valence-electron chi connectivity index (χ3n) is 4.87. The molecule has 6 heteroatoms. The van der Waals surface area contributed by atoms with Gasteiger partial charge in [-0.05, 0) is 54.6 Å². The maximum Gasteiger partial charge on any atom is 0.251 e. The summed E-state index contributed by atoms with van der Waals surface area (Å²) in [6.45, 7) is 2.39. The molecule has 0 aliphatic rings. The van der Waals surface area contributed by atoms with E-state index < -0.39 is 0 Å². The molecule has 4 rings (SSSR count). The number of aromatic amines is 1. The van der Waals surface area contributed by atoms with E-state index in [-0.39, 0.29) is 11.5 Å². The second kappa shape index (κ2) is 7.68. The van der Waals surface area contributed by atoms with Crippen LogP contribution < -0.4 is 10.9 Å². The van der Waals surface area contributed by atoms with Crippen LogP contribution in [0, 0.1) is 6.92 Å². The third-order valence-corrected chi connectivity index (χ3v) is 4.87. The molecule has 1 aromatic carbocycles. The van der Waals surface area contributed by atoms with E-state index in [9.17, 15) is 9.59 Å². The highest BCUT2D eigenvalue weighted by Crippen LogP contribution is 2.14. The summed E-state index contributed by atoms with van der Waals surface area (Å²) in [5, 5.41) is 3.91. The Morgan fingerprint density at radius 2 is 2.11 bits per heavy atom. The lowest BCUT2D eigenvalue weighted by molar-refractivity contribution is -0.120. The Bertz CT molecular complexity index is 1210. The van der Waals surface area contributed by atoms with E-state index in [0.717, 1.165) is 40.6 Å². The molecule has 0 spiro atoms. The summed E-state index contributed by atoms with van der Waals surface area (Å²) in [5.74, 6) is 0.997. The first-order valence-corrected chi connectivity index (χ1v) is 9.40. The topological polar surface area (TPSA) is 79.3 Å². The lowest BCUT2D eigenvalue weighted by Gasteiger charge is -2.07. The van der Waals surface area contributed by atoms with Gasteiger partial charge in [0.2, 0.25) is 5.91 Å². The highest BCUT2D eigenvalue weighted by atomic mass is 16.1. The second-order valence-electron chi connectivity index (χ2n) is 7.00. The molecule has 0 bridgehead atoms. The van der Waals surface area contributed by atoms with Crippen molar-refractivity contribution < 1.29 is 4.79 Å². The van der Waals surface area contributed by atoms with Gasteiger partial charge in [0.1, 0.15) is 5.82 Å². The lowest BCUT2D eigenvalue weighted by atomic mass is 10.1. The standard InChI is InChI=1S/C22H22N4O2/c1-15-11-17-12-16(7-8-19(17)25-22(15)28)13-21(27)23-9-4-6-20-24-14-18-5-2-3-10-26(18)20/h2-3,5,7-8,10-12,14H,4,6,9,13H2,1H3,(H,23,27)(H,25,28). The minimum absolute atomic E-state index is 0.00604. The Morgan fingerprint density at radius 3 is 3.00 bits per heavy atom. The van der Waals surface area contributed by atoms with Crippen molar-refractivity contribution in [2.24, 2.45) is 0 Å². The summed E-state index contributed by atoms with van der Waals surface area (Å²) in [6.07, 6.45) is 5.83. The summed E-state index contributed by atoms with van der Waals surface area (Å²) < 4.78 is 2.07. The van der Waals surface area contributed by atoms with Crippen LogP contribution in [0.5, 0.6) is 0 Å². The first-order valence-electron chi connectivity index (χ1n) is 9.40. The summed E-state index contributed by atoms with van der Waals surface area (Å²) >= 11 is 0. The van der Waals surface area contributed by atoms with E-state index in [1.165, 1.54) is 0 Å². The zero-order valence-electron chi connectivity index (χ0n) is 15.7. The first-order chi connectivity index (χ1) is 13.6. The van der Waals surface area contributed by atoms with Crippen LogP contribution in [-0.2, 0) is 17.6 Å². The number of carbonyl (C=O) groups is 1. The number of hydrogen-bond acceptors (Lipinski definition) is 3. The molecule has 28 heavy (non-hydrogen) atoms. The predicted octanol–water partition coefficient (Wildman–Crippen LogP) is 2.78. The van der Waals surface area contributed by atoms with Crippen LogP contribution in [0.4, 0.5) is 0 Å². The van der Waals surface area contributed by atoms with Gasteiger partial charge in [0, 0.05) is 30.2 Å². The van der Waals surface area contributed by atoms with Gasteiger partial charge < -0.3 is 14.7 Å². The van der Waals surface area contributed by atoms with E-state index in [1.807, 2.05) is 54.9 Å². The fourth-order valence-electron chi connectivity index (χ4n) is 3.38. The number of aromatic nitrogens is 3. The van der Waals surface area contributed by atoms with Crippen LogP contribution in [0.2, 0.25) is 0 Å². The predicted molar refractivity (Wildman–Crippen MR) is 110 cm³/mol. The Morgan fingerprint density at radius 1 is 1.21 bits per heavy atom. The quantitative estimate of drug-likeness (QED) is 0.509. The molecule has 4 aromatic rings. The van der Waals surface area contributed by atoms with Gasteiger partial charge >= 0.3 is 0 Å². The van der Waals surface area contributed by atoms with Crippen molar-refractivity contribution in [1.29, 1.82) is 0 Å². The number of benzene rings is 1. The molecular weight excluding hydrogens is 352 g/mol. The molecule has 0 aliphatic carbocycles. The van der Waals surface area contributed by atoms with E-state index in [4.69, 9.17) is 0 Å². The van der Waals surface area contributed by atoms with Crippen LogP contribution >= 0.6 is 0 Å². The number of carbonyl (C=O) groups excluding carboxylic acids is 1. The van der Waals surface area contributed by atoms with Crippen molar-refractivity contribution in [3.63, 3.8) is 0 Å². The molecular formula is C22H22N4O2. The van der Waals surface area contributed by atoms with Crippen LogP contribution in [0.1, 0.15) is 23.4 Å². The zero-order chi connectivity index (χ0) is 19.5. The van der Waals surface area contributed by atoms with Crippen LogP contribution in [-0.4, -0.2) is 26.8 Å². The SMILES string of the molecule is Cc1cc2cc(CC(=O)NCCCc3ncc4ccccn34)ccc2[nH]c1=O. The molecule has 142 valence electrons. The van der Waals surface area contributed by atoms with Crippen LogP contribution in [0.15, 0.2) is 59.7 Å². The van der Waals surface area contributed by atoms with Crippen LogP contribution in [0.25, 0.3) is 16.4 Å². The maximum absolute atomic E-state index is 12.3. The molecule has 3 aromatic heterocycles. The molecule has 0 aliphatic heterocycles. The largest absolute Gasteiger partial charge is 0.356 e. The zero-order valence-corrected chi connectivity index (χ0v) is 15.7. The lowest BCUT2D eigenvalue weighted by Crippen LogP contribution is -2.26. The minimum atomic E-state index is -0.0803. The molecule has 2 N–H and O–H groups in total. The van der Waals surface area contributed by atoms with Crippen molar-refractivity contribution in [3.8, 4) is 0 Å². The Labute approximate surface area is 162 Å². The first kappa shape index (κ1) is 18.0. The Kier molecular flexibility index (Phi) is 4.93. The van der Waals surface area contributed by atoms with E-state index in [2.05, 4.69) is 19.7 Å². The average molecular weight is 374 g/mol. The number of amides is 1. The smallest absolute Gasteiger partial charge is 0.251 e. The maximum atomic E-state index is 12.3. The molecule has 0 fully saturated rings. The fraction of sp³-hybridized carbons (Fsp3) is 0.227. The average Bonchev–Trinajstić information content (AvgIpc) is 3.10. The minimum Gasteiger partial charge on any atom is -0.356 e. The van der Waals surface area contributed by atoms with E-state index >= 15 is 0 Å². The second-order valence-corrected chi connectivity index (χ2v) is 7.00. The van der Waals surface area contributed by atoms with Gasteiger partial charge in [-0.1, -0.05) is 12.1 Å². The van der Waals surface area contributed by atoms with Gasteiger partial charge in [0.25, 0.3) is 5.56 Å². The van der Waals surface area contributed by atoms with Gasteiger partial charge in [0.15, 0.2) is 0 Å². The van der Waals surface area contributed by atoms with Gasteiger partial charge in [-0.15, -0.1) is 0 Å². The monoisotopic (exact) mass is 374 g/mol. The molecule has 0 saturated heterocycles. The van der Waals surface area contributed by atoms with Gasteiger partial charge in [0.05, 0.1) is 18.1 Å². The van der Waals surface area contributed by atoms with Crippen molar-refractivity contribution in [1.82, 2.24) is 19.7 Å². The number of fused-ring (bicyclic) bond motifs is 2. The summed E-state index contributed by atoms with van der Waals surface area (Å²) in [6, 6.07) is 13.5. The van der Waals surface area contributed by atoms with E-state index in [0.29, 0.717) is 18.5 Å². The molecule has 0 atom stereocenters. The van der Waals surface area contributed by atoms with Crippen LogP contribution in [0.3, 0.4) is 0 Å². The number of pyridine rings is 2. The van der Waals surface area contributed by atoms with Crippen molar-refractivity contribution in [2.75, 3.05) is 6.54 Å². The van der Waals surface area contributed by atoms with Crippen molar-refractivity contribution >= 4 is 22.3 Å². The van der Waals surface area contributed by atoms with Crippen molar-refractivity contribution in [2.45, 2.75) is 26.2 Å². The summed E-state index contributed by atoms with van der Waals surface area (Å²) in [7, 11) is 0. The molecule has 0 unspecified atom stereocenters. The number of nitrogens with zero attached hydrogens (tertiary/aromatic N) is 2. The molecule has 0 radical (unpaired) electrons. The molecule has 0 saturated carbocycles. The van der Waals surface area contributed by atoms with Gasteiger partial charge in [-0.2, -0.15) is 0 Å². The summed E-state index contributed by atoms with van der Waals surface area (Å²) in [5.41, 5.74) is 3.38. The van der Waals surface area contributed by atoms with Gasteiger partial charge in [-0.3, -0.25) is 9.59 Å². The number of aryl methyl sites for hydroxylation is 2. The molecule has 3 heterocycles. The molecule has 1 amide bonds. The molecule has 6 nitrogen and oxygen atoms in total. The van der Waals surface area contributed by atoms with E-state index in [1.54, 1.807) is 6.92 Å². The van der Waals surface area contributed by atoms with Crippen molar-refractivity contribution in [3.05, 3.63) is 82.2 Å². The number of nitrogens with one attached hydrogen (secondary N) is 2. The number of imidazole rings is 1. The highest BCUT2D eigenvalue weighted by Gasteiger charge is 2.07. The number of hydrogen-bond donors (Lipinski definition) is 2. The third kappa shape index (κ3) is 3.81. The Hall–Kier alpha value is -3.41. The number of H-pyrrole nitrogens is 1. The normalized spacial score (nSPS) is 11.2. The fourth-order valence-corrected chi connectivity index (χ4v) is 3.38. The van der Waals surface area contributed by atoms with Gasteiger partial charge in [-0.25, -0.2) is 4.98 Å². The summed E-state index contributed by atoms with van der Waals surface area (Å²) in [4.78, 5) is 31.2. The highest BCUT2D eigenvalue weighted by molar-refractivity contribution is 5.83. The number of rotatable bonds is 6.